The molecule has 1 aromatic rings. The van der Waals surface area contributed by atoms with E-state index in [-0.39, 0.29) is 0 Å². The van der Waals surface area contributed by atoms with Crippen LogP contribution in [0, 0.1) is 6.92 Å². The van der Waals surface area contributed by atoms with E-state index in [2.05, 4.69) is 21.4 Å². The van der Waals surface area contributed by atoms with E-state index in [1.807, 2.05) is 13.0 Å². The van der Waals surface area contributed by atoms with Crippen molar-refractivity contribution >= 4 is 15.9 Å². The molecular formula is C11H14BrNO3. The first kappa shape index (κ1) is 11.7. The third-order valence-electron chi connectivity index (χ3n) is 2.49. The Balaban J connectivity index is 2.37. The van der Waals surface area contributed by atoms with Crippen molar-refractivity contribution in [3.8, 4) is 11.5 Å². The quantitative estimate of drug-likeness (QED) is 0.865. The molecule has 0 amide bonds. The SMILES string of the molecule is CONCc1c(C)cc2c(c1Br)OCCO2. The van der Waals surface area contributed by atoms with Crippen LogP contribution in [-0.4, -0.2) is 20.3 Å². The Morgan fingerprint density at radius 3 is 2.94 bits per heavy atom. The summed E-state index contributed by atoms with van der Waals surface area (Å²) >= 11 is 3.55. The molecule has 0 radical (unpaired) electrons. The smallest absolute Gasteiger partial charge is 0.175 e. The predicted octanol–water partition coefficient (Wildman–Crippen LogP) is 2.18. The Labute approximate surface area is 103 Å². The van der Waals surface area contributed by atoms with Crippen LogP contribution in [0.3, 0.4) is 0 Å². The summed E-state index contributed by atoms with van der Waals surface area (Å²) in [5, 5.41) is 0. The topological polar surface area (TPSA) is 39.7 Å². The number of hydrogen-bond donors (Lipinski definition) is 1. The summed E-state index contributed by atoms with van der Waals surface area (Å²) in [6.07, 6.45) is 0. The molecule has 2 rings (SSSR count). The Hall–Kier alpha value is -0.780. The minimum atomic E-state index is 0.589. The van der Waals surface area contributed by atoms with Crippen LogP contribution in [0.1, 0.15) is 11.1 Å². The molecule has 0 fully saturated rings. The van der Waals surface area contributed by atoms with Gasteiger partial charge in [-0.15, -0.1) is 0 Å². The second-order valence-corrected chi connectivity index (χ2v) is 4.33. The molecule has 1 aromatic carbocycles. The minimum absolute atomic E-state index is 0.589. The van der Waals surface area contributed by atoms with Crippen molar-refractivity contribution in [3.63, 3.8) is 0 Å². The summed E-state index contributed by atoms with van der Waals surface area (Å²) in [7, 11) is 1.60. The second-order valence-electron chi connectivity index (χ2n) is 3.54. The molecular weight excluding hydrogens is 274 g/mol. The third kappa shape index (κ3) is 2.16. The van der Waals surface area contributed by atoms with Crippen molar-refractivity contribution in [1.29, 1.82) is 0 Å². The average molecular weight is 288 g/mol. The van der Waals surface area contributed by atoms with E-state index >= 15 is 0 Å². The predicted molar refractivity (Wildman–Crippen MR) is 63.7 cm³/mol. The molecule has 0 atom stereocenters. The van der Waals surface area contributed by atoms with Gasteiger partial charge in [-0.3, -0.25) is 0 Å². The fourth-order valence-corrected chi connectivity index (χ4v) is 2.43. The van der Waals surface area contributed by atoms with Gasteiger partial charge in [0, 0.05) is 6.54 Å². The number of halogens is 1. The van der Waals surface area contributed by atoms with Gasteiger partial charge in [-0.2, -0.15) is 5.48 Å². The minimum Gasteiger partial charge on any atom is -0.486 e. The summed E-state index contributed by atoms with van der Waals surface area (Å²) in [5.41, 5.74) is 5.08. The molecule has 0 aliphatic carbocycles. The van der Waals surface area contributed by atoms with Crippen molar-refractivity contribution < 1.29 is 14.3 Å². The van der Waals surface area contributed by atoms with Gasteiger partial charge < -0.3 is 14.3 Å². The van der Waals surface area contributed by atoms with Crippen LogP contribution < -0.4 is 15.0 Å². The van der Waals surface area contributed by atoms with Crippen molar-refractivity contribution in [1.82, 2.24) is 5.48 Å². The lowest BCUT2D eigenvalue weighted by Crippen LogP contribution is -2.18. The largest absolute Gasteiger partial charge is 0.486 e. The van der Waals surface area contributed by atoms with Gasteiger partial charge in [0.05, 0.1) is 11.6 Å². The highest BCUT2D eigenvalue weighted by Gasteiger charge is 2.19. The van der Waals surface area contributed by atoms with Gasteiger partial charge in [-0.25, -0.2) is 0 Å². The fourth-order valence-electron chi connectivity index (χ4n) is 1.67. The molecule has 0 unspecified atom stereocenters. The normalized spacial score (nSPS) is 13.9. The van der Waals surface area contributed by atoms with Crippen molar-refractivity contribution in [2.24, 2.45) is 0 Å². The maximum atomic E-state index is 5.59. The summed E-state index contributed by atoms with van der Waals surface area (Å²) in [6.45, 7) is 3.86. The Bertz CT molecular complexity index is 395. The standard InChI is InChI=1S/C11H14BrNO3/c1-7-5-9-11(16-4-3-15-9)10(12)8(7)6-13-14-2/h5,13H,3-4,6H2,1-2H3. The molecule has 16 heavy (non-hydrogen) atoms. The number of rotatable bonds is 3. The van der Waals surface area contributed by atoms with E-state index in [0.29, 0.717) is 19.8 Å². The number of nitrogens with one attached hydrogen (secondary N) is 1. The van der Waals surface area contributed by atoms with Gasteiger partial charge in [0.2, 0.25) is 0 Å². The molecule has 0 saturated heterocycles. The lowest BCUT2D eigenvalue weighted by molar-refractivity contribution is 0.0862. The van der Waals surface area contributed by atoms with Crippen molar-refractivity contribution in [2.75, 3.05) is 20.3 Å². The lowest BCUT2D eigenvalue weighted by atomic mass is 10.1. The highest BCUT2D eigenvalue weighted by atomic mass is 79.9. The fraction of sp³-hybridized carbons (Fsp3) is 0.455. The van der Waals surface area contributed by atoms with Crippen LogP contribution >= 0.6 is 15.9 Å². The molecule has 1 heterocycles. The van der Waals surface area contributed by atoms with E-state index < -0.39 is 0 Å². The molecule has 0 aromatic heterocycles. The number of fused-ring (bicyclic) bond motifs is 1. The molecule has 1 N–H and O–H groups in total. The number of hydrogen-bond acceptors (Lipinski definition) is 4. The average Bonchev–Trinajstić information content (AvgIpc) is 2.29. The van der Waals surface area contributed by atoms with Gasteiger partial charge in [0.25, 0.3) is 0 Å². The van der Waals surface area contributed by atoms with Gasteiger partial charge >= 0.3 is 0 Å². The van der Waals surface area contributed by atoms with Gasteiger partial charge in [-0.05, 0) is 40.0 Å². The zero-order chi connectivity index (χ0) is 11.5. The lowest BCUT2D eigenvalue weighted by Gasteiger charge is -2.22. The van der Waals surface area contributed by atoms with Gasteiger partial charge in [-0.1, -0.05) is 0 Å². The van der Waals surface area contributed by atoms with E-state index in [0.717, 1.165) is 27.1 Å². The van der Waals surface area contributed by atoms with Gasteiger partial charge in [0.15, 0.2) is 11.5 Å². The summed E-state index contributed by atoms with van der Waals surface area (Å²) in [4.78, 5) is 4.86. The van der Waals surface area contributed by atoms with Crippen molar-refractivity contribution in [3.05, 3.63) is 21.7 Å². The Kier molecular flexibility index (Phi) is 3.68. The highest BCUT2D eigenvalue weighted by molar-refractivity contribution is 9.10. The van der Waals surface area contributed by atoms with Crippen LogP contribution in [0.4, 0.5) is 0 Å². The van der Waals surface area contributed by atoms with E-state index in [1.165, 1.54) is 0 Å². The monoisotopic (exact) mass is 287 g/mol. The molecule has 5 heteroatoms. The zero-order valence-corrected chi connectivity index (χ0v) is 10.9. The number of hydroxylamine groups is 1. The van der Waals surface area contributed by atoms with Crippen LogP contribution in [-0.2, 0) is 11.4 Å². The van der Waals surface area contributed by atoms with Gasteiger partial charge in [0.1, 0.15) is 13.2 Å². The van der Waals surface area contributed by atoms with Crippen LogP contribution in [0.2, 0.25) is 0 Å². The molecule has 1 aliphatic heterocycles. The highest BCUT2D eigenvalue weighted by Crippen LogP contribution is 2.41. The Morgan fingerprint density at radius 1 is 1.44 bits per heavy atom. The molecule has 4 nitrogen and oxygen atoms in total. The molecule has 1 aliphatic rings. The maximum absolute atomic E-state index is 5.59. The molecule has 0 saturated carbocycles. The van der Waals surface area contributed by atoms with Crippen LogP contribution in [0.5, 0.6) is 11.5 Å². The van der Waals surface area contributed by atoms with E-state index in [1.54, 1.807) is 7.11 Å². The summed E-state index contributed by atoms with van der Waals surface area (Å²) in [5.74, 6) is 1.58. The zero-order valence-electron chi connectivity index (χ0n) is 9.30. The number of aryl methyl sites for hydroxylation is 1. The first-order valence-electron chi connectivity index (χ1n) is 5.07. The summed E-state index contributed by atoms with van der Waals surface area (Å²) < 4.78 is 12.1. The molecule has 0 spiro atoms. The number of ether oxygens (including phenoxy) is 2. The van der Waals surface area contributed by atoms with Crippen molar-refractivity contribution in [2.45, 2.75) is 13.5 Å². The molecule has 0 bridgehead atoms. The first-order valence-corrected chi connectivity index (χ1v) is 5.86. The van der Waals surface area contributed by atoms with Crippen LogP contribution in [0.25, 0.3) is 0 Å². The third-order valence-corrected chi connectivity index (χ3v) is 3.33. The number of benzene rings is 1. The summed E-state index contributed by atoms with van der Waals surface area (Å²) in [6, 6.07) is 1.99. The second kappa shape index (κ2) is 5.03. The maximum Gasteiger partial charge on any atom is 0.175 e. The van der Waals surface area contributed by atoms with E-state index in [4.69, 9.17) is 14.3 Å². The van der Waals surface area contributed by atoms with Crippen LogP contribution in [0.15, 0.2) is 10.5 Å². The Morgan fingerprint density at radius 2 is 2.19 bits per heavy atom. The first-order chi connectivity index (χ1) is 7.74. The molecule has 88 valence electrons. The van der Waals surface area contributed by atoms with E-state index in [9.17, 15) is 0 Å².